The number of carbonyl (C=O) groups excluding carboxylic acids is 1. The summed E-state index contributed by atoms with van der Waals surface area (Å²) < 4.78 is 29.7. The number of rotatable bonds is 6. The molecule has 0 aliphatic carbocycles. The number of hydrogen-bond acceptors (Lipinski definition) is 10. The van der Waals surface area contributed by atoms with E-state index in [9.17, 15) is 19.3 Å². The number of nitro benzene ring substituents is 1. The van der Waals surface area contributed by atoms with Crippen molar-refractivity contribution in [2.45, 2.75) is 26.4 Å². The van der Waals surface area contributed by atoms with Gasteiger partial charge in [0.15, 0.2) is 11.2 Å². The molecule has 0 amide bonds. The summed E-state index contributed by atoms with van der Waals surface area (Å²) >= 11 is 0. The SMILES string of the molecule is CC(C)(C)OC(=O)CNc1ccc(-c2nc3ccccc3o2)cc1N.O=[N+]([O-])c1cc(-c2nc3ccccc3o2)ccc1F. The van der Waals surface area contributed by atoms with Gasteiger partial charge in [-0.1, -0.05) is 24.3 Å². The monoisotopic (exact) mass is 597 g/mol. The number of nitrogens with zero attached hydrogens (tertiary/aromatic N) is 3. The second-order valence-electron chi connectivity index (χ2n) is 10.6. The number of aromatic nitrogens is 2. The third-order valence-corrected chi connectivity index (χ3v) is 6.12. The van der Waals surface area contributed by atoms with Crippen molar-refractivity contribution >= 4 is 45.2 Å². The normalized spacial score (nSPS) is 11.2. The van der Waals surface area contributed by atoms with E-state index in [-0.39, 0.29) is 18.4 Å². The molecular formula is C32H28FN5O6. The van der Waals surface area contributed by atoms with E-state index < -0.39 is 22.0 Å². The Morgan fingerprint density at radius 1 is 0.909 bits per heavy atom. The number of para-hydroxylation sites is 4. The van der Waals surface area contributed by atoms with Crippen molar-refractivity contribution in [1.82, 2.24) is 9.97 Å². The third kappa shape index (κ3) is 6.98. The van der Waals surface area contributed by atoms with Crippen molar-refractivity contribution in [3.8, 4) is 22.9 Å². The largest absolute Gasteiger partial charge is 0.459 e. The van der Waals surface area contributed by atoms with E-state index in [2.05, 4.69) is 15.3 Å². The molecule has 0 aliphatic rings. The molecule has 0 unspecified atom stereocenters. The molecule has 0 saturated carbocycles. The number of halogens is 1. The van der Waals surface area contributed by atoms with Crippen LogP contribution < -0.4 is 11.1 Å². The number of oxazole rings is 2. The van der Waals surface area contributed by atoms with Crippen LogP contribution in [0.2, 0.25) is 0 Å². The second-order valence-corrected chi connectivity index (χ2v) is 10.6. The van der Waals surface area contributed by atoms with Crippen LogP contribution in [-0.4, -0.2) is 33.0 Å². The minimum absolute atomic E-state index is 0.0453. The van der Waals surface area contributed by atoms with E-state index in [4.69, 9.17) is 19.3 Å². The summed E-state index contributed by atoms with van der Waals surface area (Å²) in [5.41, 5.74) is 10.0. The molecule has 3 N–H and O–H groups in total. The summed E-state index contributed by atoms with van der Waals surface area (Å²) in [5, 5.41) is 13.7. The van der Waals surface area contributed by atoms with Crippen molar-refractivity contribution in [1.29, 1.82) is 0 Å². The number of nitro groups is 1. The summed E-state index contributed by atoms with van der Waals surface area (Å²) in [6.45, 7) is 5.53. The van der Waals surface area contributed by atoms with Gasteiger partial charge in [-0.15, -0.1) is 0 Å². The molecule has 0 spiro atoms. The van der Waals surface area contributed by atoms with Gasteiger partial charge >= 0.3 is 11.7 Å². The fourth-order valence-electron chi connectivity index (χ4n) is 4.18. The Hall–Kier alpha value is -5.78. The van der Waals surface area contributed by atoms with Crippen molar-refractivity contribution in [2.24, 2.45) is 0 Å². The minimum Gasteiger partial charge on any atom is -0.459 e. The van der Waals surface area contributed by atoms with Crippen LogP contribution in [-0.2, 0) is 9.53 Å². The topological polar surface area (TPSA) is 160 Å². The first-order valence-electron chi connectivity index (χ1n) is 13.5. The number of carbonyl (C=O) groups is 1. The van der Waals surface area contributed by atoms with E-state index in [1.807, 2.05) is 57.2 Å². The Morgan fingerprint density at radius 2 is 1.45 bits per heavy atom. The highest BCUT2D eigenvalue weighted by atomic mass is 19.1. The Balaban J connectivity index is 0.000000181. The van der Waals surface area contributed by atoms with Crippen LogP contribution in [0, 0.1) is 15.9 Å². The molecule has 44 heavy (non-hydrogen) atoms. The molecule has 6 rings (SSSR count). The fourth-order valence-corrected chi connectivity index (χ4v) is 4.18. The number of nitrogens with two attached hydrogens (primary N) is 1. The van der Waals surface area contributed by atoms with Crippen molar-refractivity contribution in [3.63, 3.8) is 0 Å². The van der Waals surface area contributed by atoms with Crippen molar-refractivity contribution in [3.05, 3.63) is 101 Å². The highest BCUT2D eigenvalue weighted by Gasteiger charge is 2.18. The lowest BCUT2D eigenvalue weighted by atomic mass is 10.1. The van der Waals surface area contributed by atoms with Gasteiger partial charge in [0.25, 0.3) is 0 Å². The van der Waals surface area contributed by atoms with Gasteiger partial charge in [-0.2, -0.15) is 4.39 Å². The summed E-state index contributed by atoms with van der Waals surface area (Å²) in [5.74, 6) is -0.490. The molecular weight excluding hydrogens is 569 g/mol. The Labute approximate surface area is 250 Å². The highest BCUT2D eigenvalue weighted by Crippen LogP contribution is 2.30. The molecule has 12 heteroatoms. The van der Waals surface area contributed by atoms with Crippen LogP contribution in [0.1, 0.15) is 20.8 Å². The summed E-state index contributed by atoms with van der Waals surface area (Å²) in [6.07, 6.45) is 0. The Kier molecular flexibility index (Phi) is 8.25. The maximum Gasteiger partial charge on any atom is 0.325 e. The lowest BCUT2D eigenvalue weighted by Gasteiger charge is -2.20. The summed E-state index contributed by atoms with van der Waals surface area (Å²) in [7, 11) is 0. The molecule has 224 valence electrons. The summed E-state index contributed by atoms with van der Waals surface area (Å²) in [6, 6.07) is 23.6. The van der Waals surface area contributed by atoms with Crippen molar-refractivity contribution < 1.29 is 27.7 Å². The number of benzene rings is 4. The van der Waals surface area contributed by atoms with E-state index in [1.54, 1.807) is 30.3 Å². The highest BCUT2D eigenvalue weighted by molar-refractivity contribution is 5.81. The number of esters is 1. The molecule has 0 aliphatic heterocycles. The predicted octanol–water partition coefficient (Wildman–Crippen LogP) is 7.37. The zero-order chi connectivity index (χ0) is 31.4. The number of anilines is 2. The first-order chi connectivity index (χ1) is 21.0. The first-order valence-corrected chi connectivity index (χ1v) is 13.5. The van der Waals surface area contributed by atoms with E-state index in [1.165, 1.54) is 6.07 Å². The molecule has 4 aromatic carbocycles. The zero-order valence-corrected chi connectivity index (χ0v) is 24.0. The summed E-state index contributed by atoms with van der Waals surface area (Å²) in [4.78, 5) is 30.3. The van der Waals surface area contributed by atoms with Gasteiger partial charge in [-0.3, -0.25) is 14.9 Å². The number of nitrogens with one attached hydrogen (secondary N) is 1. The predicted molar refractivity (Wildman–Crippen MR) is 164 cm³/mol. The standard InChI is InChI=1S/C19H21N3O3.C13H7FN2O3/c1-19(2,3)25-17(23)11-21-14-9-8-12(10-13(14)20)18-22-15-6-4-5-7-16(15)24-18;14-9-6-5-8(7-11(9)16(17)18)13-15-10-3-1-2-4-12(10)19-13/h4-10,21H,11,20H2,1-3H3;1-7H. The number of nitrogen functional groups attached to an aromatic ring is 1. The van der Waals surface area contributed by atoms with E-state index >= 15 is 0 Å². The maximum atomic E-state index is 13.2. The van der Waals surface area contributed by atoms with Crippen molar-refractivity contribution in [2.75, 3.05) is 17.6 Å². The zero-order valence-electron chi connectivity index (χ0n) is 24.0. The molecule has 6 aromatic rings. The average molecular weight is 598 g/mol. The van der Waals surface area contributed by atoms with Crippen LogP contribution in [0.3, 0.4) is 0 Å². The van der Waals surface area contributed by atoms with Gasteiger partial charge in [0.2, 0.25) is 17.6 Å². The molecule has 11 nitrogen and oxygen atoms in total. The smallest absolute Gasteiger partial charge is 0.325 e. The fraction of sp³-hybridized carbons (Fsp3) is 0.156. The molecule has 2 aromatic heterocycles. The lowest BCUT2D eigenvalue weighted by molar-refractivity contribution is -0.387. The molecule has 0 fully saturated rings. The minimum atomic E-state index is -0.884. The number of hydrogen-bond donors (Lipinski definition) is 2. The van der Waals surface area contributed by atoms with Gasteiger partial charge < -0.3 is 24.6 Å². The quantitative estimate of drug-likeness (QED) is 0.0858. The van der Waals surface area contributed by atoms with Gasteiger partial charge in [0.05, 0.1) is 16.3 Å². The third-order valence-electron chi connectivity index (χ3n) is 6.12. The average Bonchev–Trinajstić information content (AvgIpc) is 3.61. The van der Waals surface area contributed by atoms with Crippen LogP contribution in [0.25, 0.3) is 45.1 Å². The van der Waals surface area contributed by atoms with E-state index in [0.29, 0.717) is 33.9 Å². The van der Waals surface area contributed by atoms with Crippen LogP contribution >= 0.6 is 0 Å². The molecule has 2 heterocycles. The molecule has 0 saturated heterocycles. The van der Waals surface area contributed by atoms with Crippen LogP contribution in [0.5, 0.6) is 0 Å². The molecule has 0 radical (unpaired) electrons. The Bertz CT molecular complexity index is 1910. The molecule has 0 atom stereocenters. The Morgan fingerprint density at radius 3 is 1.98 bits per heavy atom. The first kappa shape index (κ1) is 29.7. The van der Waals surface area contributed by atoms with E-state index in [0.717, 1.165) is 28.8 Å². The van der Waals surface area contributed by atoms with Crippen LogP contribution in [0.15, 0.2) is 93.8 Å². The number of ether oxygens (including phenoxy) is 1. The van der Waals surface area contributed by atoms with Gasteiger partial charge in [0, 0.05) is 17.2 Å². The van der Waals surface area contributed by atoms with Gasteiger partial charge in [0.1, 0.15) is 23.2 Å². The van der Waals surface area contributed by atoms with Gasteiger partial charge in [-0.05, 0) is 75.4 Å². The lowest BCUT2D eigenvalue weighted by Crippen LogP contribution is -2.28. The second kappa shape index (κ2) is 12.2. The van der Waals surface area contributed by atoms with Gasteiger partial charge in [-0.25, -0.2) is 9.97 Å². The number of fused-ring (bicyclic) bond motifs is 2. The maximum absolute atomic E-state index is 13.2. The van der Waals surface area contributed by atoms with Crippen LogP contribution in [0.4, 0.5) is 21.5 Å². The molecule has 0 bridgehead atoms.